The van der Waals surface area contributed by atoms with Gasteiger partial charge in [0.15, 0.2) is 5.72 Å². The molecule has 2 bridgehead atoms. The molecule has 5 atom stereocenters. The summed E-state index contributed by atoms with van der Waals surface area (Å²) in [5.74, 6) is -0.957. The second kappa shape index (κ2) is 6.13. The summed E-state index contributed by atoms with van der Waals surface area (Å²) >= 11 is 0. The minimum atomic E-state index is -1.74. The van der Waals surface area contributed by atoms with E-state index in [9.17, 15) is 19.8 Å². The van der Waals surface area contributed by atoms with Gasteiger partial charge in [0.25, 0.3) is 5.91 Å². The zero-order chi connectivity index (χ0) is 20.4. The SMILES string of the molecule is COC(=O)[C@]12C[C@H]3O[C@]1([C@H](O)[C@@H]3O)N(Cc1ccccc1)C(=O)c1ccccc12. The number of nitrogens with zero attached hydrogens (tertiary/aromatic N) is 1. The highest BCUT2D eigenvalue weighted by molar-refractivity contribution is 6.03. The van der Waals surface area contributed by atoms with Gasteiger partial charge in [-0.05, 0) is 17.2 Å². The van der Waals surface area contributed by atoms with Gasteiger partial charge in [0.1, 0.15) is 17.6 Å². The van der Waals surface area contributed by atoms with Gasteiger partial charge in [-0.1, -0.05) is 48.5 Å². The van der Waals surface area contributed by atoms with Gasteiger partial charge in [0.2, 0.25) is 0 Å². The number of esters is 1. The van der Waals surface area contributed by atoms with Crippen molar-refractivity contribution in [2.24, 2.45) is 0 Å². The summed E-state index contributed by atoms with van der Waals surface area (Å²) < 4.78 is 11.3. The average molecular weight is 395 g/mol. The number of fused-ring (bicyclic) bond motifs is 3. The molecular weight excluding hydrogens is 374 g/mol. The summed E-state index contributed by atoms with van der Waals surface area (Å²) in [6.07, 6.45) is -3.33. The van der Waals surface area contributed by atoms with E-state index < -0.39 is 35.4 Å². The number of carbonyl (C=O) groups is 2. The zero-order valence-corrected chi connectivity index (χ0v) is 15.8. The molecule has 2 fully saturated rings. The molecule has 2 N–H and O–H groups in total. The van der Waals surface area contributed by atoms with Crippen molar-refractivity contribution < 1.29 is 29.3 Å². The predicted octanol–water partition coefficient (Wildman–Crippen LogP) is 0.974. The smallest absolute Gasteiger partial charge is 0.321 e. The fourth-order valence-electron chi connectivity index (χ4n) is 5.33. The summed E-state index contributed by atoms with van der Waals surface area (Å²) in [5, 5.41) is 21.6. The predicted molar refractivity (Wildman–Crippen MR) is 101 cm³/mol. The van der Waals surface area contributed by atoms with Crippen molar-refractivity contribution in [2.45, 2.75) is 42.4 Å². The second-order valence-electron chi connectivity index (χ2n) is 7.81. The maximum absolute atomic E-state index is 13.6. The molecule has 150 valence electrons. The van der Waals surface area contributed by atoms with Crippen molar-refractivity contribution in [2.75, 3.05) is 7.11 Å². The maximum Gasteiger partial charge on any atom is 0.321 e. The number of rotatable bonds is 3. The number of aliphatic hydroxyl groups is 2. The second-order valence-corrected chi connectivity index (χ2v) is 7.81. The highest BCUT2D eigenvalue weighted by atomic mass is 16.6. The van der Waals surface area contributed by atoms with E-state index in [1.165, 1.54) is 12.0 Å². The fourth-order valence-corrected chi connectivity index (χ4v) is 5.33. The Bertz CT molecular complexity index is 994. The van der Waals surface area contributed by atoms with Crippen LogP contribution in [0.5, 0.6) is 0 Å². The number of hydrogen-bond donors (Lipinski definition) is 2. The van der Waals surface area contributed by atoms with Crippen LogP contribution in [0.25, 0.3) is 0 Å². The van der Waals surface area contributed by atoms with Crippen LogP contribution >= 0.6 is 0 Å². The highest BCUT2D eigenvalue weighted by Crippen LogP contribution is 2.62. The molecule has 3 aliphatic rings. The van der Waals surface area contributed by atoms with Gasteiger partial charge >= 0.3 is 5.97 Å². The average Bonchev–Trinajstić information content (AvgIpc) is 3.24. The molecule has 2 aromatic carbocycles. The normalized spacial score (nSPS) is 34.7. The number of carbonyl (C=O) groups excluding carboxylic acids is 2. The first-order valence-corrected chi connectivity index (χ1v) is 9.55. The van der Waals surface area contributed by atoms with Crippen molar-refractivity contribution in [1.82, 2.24) is 4.90 Å². The lowest BCUT2D eigenvalue weighted by molar-refractivity contribution is -0.198. The molecule has 3 aliphatic heterocycles. The Morgan fingerprint density at radius 3 is 2.55 bits per heavy atom. The van der Waals surface area contributed by atoms with E-state index in [4.69, 9.17) is 9.47 Å². The Kier molecular flexibility index (Phi) is 3.87. The number of hydrogen-bond acceptors (Lipinski definition) is 6. The van der Waals surface area contributed by atoms with Crippen LogP contribution in [0, 0.1) is 0 Å². The standard InChI is InChI=1S/C22H21NO6/c1-28-20(27)21-11-16-17(24)18(25)22(21,29-16)23(12-13-7-3-2-4-8-13)19(26)14-9-5-6-10-15(14)21/h2-10,16-18,24-25H,11-12H2,1H3/t16-,17-,18-,21-,22+/m1/s1. The molecule has 3 heterocycles. The van der Waals surface area contributed by atoms with E-state index in [0.29, 0.717) is 11.1 Å². The quantitative estimate of drug-likeness (QED) is 0.752. The Hall–Kier alpha value is -2.74. The van der Waals surface area contributed by atoms with Crippen LogP contribution in [0.15, 0.2) is 54.6 Å². The monoisotopic (exact) mass is 395 g/mol. The van der Waals surface area contributed by atoms with Crippen molar-refractivity contribution in [1.29, 1.82) is 0 Å². The Morgan fingerprint density at radius 1 is 1.17 bits per heavy atom. The van der Waals surface area contributed by atoms with E-state index in [1.54, 1.807) is 24.3 Å². The third-order valence-corrected chi connectivity index (χ3v) is 6.54. The lowest BCUT2D eigenvalue weighted by atomic mass is 9.60. The minimum Gasteiger partial charge on any atom is -0.468 e. The van der Waals surface area contributed by atoms with Gasteiger partial charge in [0, 0.05) is 18.5 Å². The van der Waals surface area contributed by atoms with Gasteiger partial charge in [-0.15, -0.1) is 0 Å². The van der Waals surface area contributed by atoms with Gasteiger partial charge in [-0.25, -0.2) is 0 Å². The Morgan fingerprint density at radius 2 is 1.86 bits per heavy atom. The van der Waals surface area contributed by atoms with Crippen molar-refractivity contribution in [3.05, 3.63) is 71.3 Å². The van der Waals surface area contributed by atoms with Crippen molar-refractivity contribution in [3.8, 4) is 0 Å². The van der Waals surface area contributed by atoms with Gasteiger partial charge < -0.3 is 24.6 Å². The van der Waals surface area contributed by atoms with Crippen LogP contribution in [0.1, 0.15) is 27.9 Å². The first kappa shape index (κ1) is 18.3. The number of aliphatic hydroxyl groups excluding tert-OH is 2. The van der Waals surface area contributed by atoms with E-state index in [2.05, 4.69) is 0 Å². The van der Waals surface area contributed by atoms with E-state index >= 15 is 0 Å². The van der Waals surface area contributed by atoms with E-state index in [0.717, 1.165) is 5.56 Å². The van der Waals surface area contributed by atoms with Gasteiger partial charge in [-0.2, -0.15) is 0 Å². The van der Waals surface area contributed by atoms with Crippen molar-refractivity contribution >= 4 is 11.9 Å². The fraction of sp³-hybridized carbons (Fsp3) is 0.364. The maximum atomic E-state index is 13.6. The molecule has 7 heteroatoms. The summed E-state index contributed by atoms with van der Waals surface area (Å²) in [7, 11) is 1.28. The third kappa shape index (κ3) is 2.07. The van der Waals surface area contributed by atoms with Crippen LogP contribution in [0.4, 0.5) is 0 Å². The number of ether oxygens (including phenoxy) is 2. The third-order valence-electron chi connectivity index (χ3n) is 6.54. The molecule has 0 unspecified atom stereocenters. The molecule has 2 saturated heterocycles. The number of benzene rings is 2. The zero-order valence-electron chi connectivity index (χ0n) is 15.8. The molecule has 1 amide bonds. The number of amides is 1. The van der Waals surface area contributed by atoms with E-state index in [-0.39, 0.29) is 18.9 Å². The first-order valence-electron chi connectivity index (χ1n) is 9.55. The van der Waals surface area contributed by atoms with Gasteiger partial charge in [0.05, 0.1) is 13.2 Å². The number of methoxy groups -OCH3 is 1. The Labute approximate surface area is 167 Å². The van der Waals surface area contributed by atoms with Crippen LogP contribution in [0.3, 0.4) is 0 Å². The molecule has 2 aromatic rings. The summed E-state index contributed by atoms with van der Waals surface area (Å²) in [6, 6.07) is 16.1. The van der Waals surface area contributed by atoms with E-state index in [1.807, 2.05) is 30.3 Å². The summed E-state index contributed by atoms with van der Waals surface area (Å²) in [4.78, 5) is 28.2. The molecule has 5 rings (SSSR count). The van der Waals surface area contributed by atoms with Crippen molar-refractivity contribution in [3.63, 3.8) is 0 Å². The minimum absolute atomic E-state index is 0.114. The molecule has 7 nitrogen and oxygen atoms in total. The summed E-state index contributed by atoms with van der Waals surface area (Å²) in [5.41, 5.74) is -1.52. The Balaban J connectivity index is 1.78. The van der Waals surface area contributed by atoms with Crippen LogP contribution < -0.4 is 0 Å². The highest BCUT2D eigenvalue weighted by Gasteiger charge is 2.80. The first-order chi connectivity index (χ1) is 14.0. The molecule has 29 heavy (non-hydrogen) atoms. The summed E-state index contributed by atoms with van der Waals surface area (Å²) in [6.45, 7) is 0.114. The molecular formula is C22H21NO6. The molecule has 1 spiro atoms. The van der Waals surface area contributed by atoms with Crippen LogP contribution in [-0.4, -0.2) is 58.1 Å². The topological polar surface area (TPSA) is 96.3 Å². The largest absolute Gasteiger partial charge is 0.468 e. The molecule has 0 saturated carbocycles. The van der Waals surface area contributed by atoms with Crippen LogP contribution in [-0.2, 0) is 26.2 Å². The van der Waals surface area contributed by atoms with Gasteiger partial charge in [-0.3, -0.25) is 9.59 Å². The lowest BCUT2D eigenvalue weighted by Gasteiger charge is -2.54. The molecule has 0 aliphatic carbocycles. The molecule has 0 aromatic heterocycles. The van der Waals surface area contributed by atoms with Crippen LogP contribution in [0.2, 0.25) is 0 Å². The molecule has 0 radical (unpaired) electrons. The lowest BCUT2D eigenvalue weighted by Crippen LogP contribution is -2.74.